The van der Waals surface area contributed by atoms with E-state index in [2.05, 4.69) is 9.72 Å². The SMILES string of the molecule is COc1ccncc1-c1cc(OC(F)(F)F)ccc1C#N. The Morgan fingerprint density at radius 3 is 2.57 bits per heavy atom. The maximum Gasteiger partial charge on any atom is 0.573 e. The molecule has 0 spiro atoms. The second-order valence-corrected chi connectivity index (χ2v) is 3.94. The van der Waals surface area contributed by atoms with Crippen LogP contribution in [0.15, 0.2) is 36.7 Å². The highest BCUT2D eigenvalue weighted by Crippen LogP contribution is 2.35. The third-order valence-corrected chi connectivity index (χ3v) is 2.64. The third kappa shape index (κ3) is 3.42. The molecule has 0 fully saturated rings. The molecule has 108 valence electrons. The fourth-order valence-electron chi connectivity index (χ4n) is 1.80. The van der Waals surface area contributed by atoms with Crippen LogP contribution in [0.4, 0.5) is 13.2 Å². The van der Waals surface area contributed by atoms with E-state index in [1.807, 2.05) is 6.07 Å². The smallest absolute Gasteiger partial charge is 0.496 e. The highest BCUT2D eigenvalue weighted by Gasteiger charge is 2.31. The molecule has 0 saturated heterocycles. The number of methoxy groups -OCH3 is 1. The molecule has 21 heavy (non-hydrogen) atoms. The van der Waals surface area contributed by atoms with Crippen LogP contribution < -0.4 is 9.47 Å². The number of aromatic nitrogens is 1. The first kappa shape index (κ1) is 14.7. The normalized spacial score (nSPS) is 10.8. The van der Waals surface area contributed by atoms with E-state index in [1.54, 1.807) is 6.07 Å². The molecule has 0 aliphatic rings. The summed E-state index contributed by atoms with van der Waals surface area (Å²) < 4.78 is 45.8. The molecule has 0 N–H and O–H groups in total. The van der Waals surface area contributed by atoms with Crippen molar-refractivity contribution < 1.29 is 22.6 Å². The lowest BCUT2D eigenvalue weighted by Crippen LogP contribution is -2.17. The van der Waals surface area contributed by atoms with Crippen LogP contribution in [0.2, 0.25) is 0 Å². The van der Waals surface area contributed by atoms with Crippen molar-refractivity contribution in [3.8, 4) is 28.7 Å². The van der Waals surface area contributed by atoms with Crippen molar-refractivity contribution in [2.24, 2.45) is 0 Å². The average Bonchev–Trinajstić information content (AvgIpc) is 2.45. The molecule has 1 aromatic carbocycles. The van der Waals surface area contributed by atoms with E-state index in [9.17, 15) is 13.2 Å². The Morgan fingerprint density at radius 2 is 1.95 bits per heavy atom. The van der Waals surface area contributed by atoms with Crippen LogP contribution in [0, 0.1) is 11.3 Å². The zero-order chi connectivity index (χ0) is 15.5. The van der Waals surface area contributed by atoms with Gasteiger partial charge in [-0.15, -0.1) is 13.2 Å². The lowest BCUT2D eigenvalue weighted by atomic mass is 10.0. The number of nitriles is 1. The summed E-state index contributed by atoms with van der Waals surface area (Å²) in [5.41, 5.74) is 0.851. The van der Waals surface area contributed by atoms with E-state index in [-0.39, 0.29) is 11.1 Å². The summed E-state index contributed by atoms with van der Waals surface area (Å²) in [5.74, 6) is -0.0203. The molecular formula is C14H9F3N2O2. The number of benzene rings is 1. The van der Waals surface area contributed by atoms with Crippen LogP contribution in [0.3, 0.4) is 0 Å². The number of ether oxygens (including phenoxy) is 2. The Kier molecular flexibility index (Phi) is 3.98. The molecule has 0 saturated carbocycles. The predicted octanol–water partition coefficient (Wildman–Crippen LogP) is 3.53. The zero-order valence-electron chi connectivity index (χ0n) is 10.8. The molecule has 0 amide bonds. The Balaban J connectivity index is 2.56. The summed E-state index contributed by atoms with van der Waals surface area (Å²) in [6, 6.07) is 6.93. The van der Waals surface area contributed by atoms with E-state index in [4.69, 9.17) is 10.00 Å². The van der Waals surface area contributed by atoms with Gasteiger partial charge in [0.1, 0.15) is 11.5 Å². The van der Waals surface area contributed by atoms with Crippen LogP contribution in [0.5, 0.6) is 11.5 Å². The van der Waals surface area contributed by atoms with Gasteiger partial charge in [0, 0.05) is 23.5 Å². The molecule has 0 radical (unpaired) electrons. The maximum absolute atomic E-state index is 12.3. The number of alkyl halides is 3. The molecular weight excluding hydrogens is 285 g/mol. The summed E-state index contributed by atoms with van der Waals surface area (Å²) in [7, 11) is 1.42. The highest BCUT2D eigenvalue weighted by molar-refractivity contribution is 5.76. The first-order valence-corrected chi connectivity index (χ1v) is 5.73. The van der Waals surface area contributed by atoms with Crippen molar-refractivity contribution in [2.75, 3.05) is 7.11 Å². The molecule has 0 atom stereocenters. The Bertz CT molecular complexity index is 693. The maximum atomic E-state index is 12.3. The molecule has 1 heterocycles. The number of pyridine rings is 1. The summed E-state index contributed by atoms with van der Waals surface area (Å²) in [6.07, 6.45) is -1.92. The molecule has 0 aliphatic carbocycles. The van der Waals surface area contributed by atoms with Gasteiger partial charge < -0.3 is 9.47 Å². The van der Waals surface area contributed by atoms with Gasteiger partial charge in [-0.3, -0.25) is 4.98 Å². The first-order chi connectivity index (χ1) is 9.94. The van der Waals surface area contributed by atoms with Crippen molar-refractivity contribution >= 4 is 0 Å². The molecule has 2 aromatic rings. The van der Waals surface area contributed by atoms with Crippen molar-refractivity contribution in [3.63, 3.8) is 0 Å². The lowest BCUT2D eigenvalue weighted by molar-refractivity contribution is -0.274. The van der Waals surface area contributed by atoms with Gasteiger partial charge >= 0.3 is 6.36 Å². The molecule has 0 unspecified atom stereocenters. The molecule has 2 rings (SSSR count). The minimum atomic E-state index is -4.80. The predicted molar refractivity (Wildman–Crippen MR) is 67.6 cm³/mol. The topological polar surface area (TPSA) is 55.1 Å². The van der Waals surface area contributed by atoms with Crippen molar-refractivity contribution in [3.05, 3.63) is 42.2 Å². The fraction of sp³-hybridized carbons (Fsp3) is 0.143. The van der Waals surface area contributed by atoms with Crippen molar-refractivity contribution in [2.45, 2.75) is 6.36 Å². The quantitative estimate of drug-likeness (QED) is 0.869. The van der Waals surface area contributed by atoms with Gasteiger partial charge in [-0.25, -0.2) is 0 Å². The number of rotatable bonds is 3. The van der Waals surface area contributed by atoms with Gasteiger partial charge in [-0.1, -0.05) is 0 Å². The van der Waals surface area contributed by atoms with Crippen molar-refractivity contribution in [1.82, 2.24) is 4.98 Å². The summed E-state index contributed by atoms with van der Waals surface area (Å²) in [6.45, 7) is 0. The zero-order valence-corrected chi connectivity index (χ0v) is 10.8. The standard InChI is InChI=1S/C14H9F3N2O2/c1-20-13-4-5-19-8-12(13)11-6-10(21-14(15,16)17)3-2-9(11)7-18/h2-6,8H,1H3. The van der Waals surface area contributed by atoms with Crippen LogP contribution in [0.25, 0.3) is 11.1 Å². The summed E-state index contributed by atoms with van der Waals surface area (Å²) in [5, 5.41) is 9.09. The minimum absolute atomic E-state index is 0.191. The average molecular weight is 294 g/mol. The fourth-order valence-corrected chi connectivity index (χ4v) is 1.80. The van der Waals surface area contributed by atoms with Gasteiger partial charge in [0.2, 0.25) is 0 Å². The van der Waals surface area contributed by atoms with Crippen LogP contribution in [-0.2, 0) is 0 Å². The number of hydrogen-bond acceptors (Lipinski definition) is 4. The Hall–Kier alpha value is -2.75. The van der Waals surface area contributed by atoms with E-state index in [1.165, 1.54) is 25.6 Å². The van der Waals surface area contributed by atoms with Gasteiger partial charge in [-0.05, 0) is 24.3 Å². The van der Waals surface area contributed by atoms with Gasteiger partial charge in [0.15, 0.2) is 0 Å². The van der Waals surface area contributed by atoms with Crippen LogP contribution >= 0.6 is 0 Å². The van der Waals surface area contributed by atoms with Crippen LogP contribution in [0.1, 0.15) is 5.56 Å². The van der Waals surface area contributed by atoms with E-state index in [0.717, 1.165) is 12.1 Å². The van der Waals surface area contributed by atoms with Crippen molar-refractivity contribution in [1.29, 1.82) is 5.26 Å². The molecule has 4 nitrogen and oxygen atoms in total. The third-order valence-electron chi connectivity index (χ3n) is 2.64. The van der Waals surface area contributed by atoms with E-state index >= 15 is 0 Å². The molecule has 7 heteroatoms. The number of nitrogens with zero attached hydrogens (tertiary/aromatic N) is 2. The van der Waals surface area contributed by atoms with E-state index < -0.39 is 12.1 Å². The van der Waals surface area contributed by atoms with Gasteiger partial charge in [0.05, 0.1) is 18.7 Å². The number of halogens is 3. The Labute approximate surface area is 118 Å². The Morgan fingerprint density at radius 1 is 1.19 bits per heavy atom. The lowest BCUT2D eigenvalue weighted by Gasteiger charge is -2.13. The largest absolute Gasteiger partial charge is 0.573 e. The number of hydrogen-bond donors (Lipinski definition) is 0. The van der Waals surface area contributed by atoms with Gasteiger partial charge in [0.25, 0.3) is 0 Å². The monoisotopic (exact) mass is 294 g/mol. The minimum Gasteiger partial charge on any atom is -0.496 e. The van der Waals surface area contributed by atoms with Crippen LogP contribution in [-0.4, -0.2) is 18.5 Å². The van der Waals surface area contributed by atoms with Gasteiger partial charge in [-0.2, -0.15) is 5.26 Å². The molecule has 0 bridgehead atoms. The second kappa shape index (κ2) is 5.71. The van der Waals surface area contributed by atoms with E-state index in [0.29, 0.717) is 11.3 Å². The second-order valence-electron chi connectivity index (χ2n) is 3.94. The summed E-state index contributed by atoms with van der Waals surface area (Å²) >= 11 is 0. The summed E-state index contributed by atoms with van der Waals surface area (Å²) in [4.78, 5) is 3.90. The highest BCUT2D eigenvalue weighted by atomic mass is 19.4. The first-order valence-electron chi connectivity index (χ1n) is 5.73. The molecule has 0 aliphatic heterocycles. The molecule has 1 aromatic heterocycles.